The highest BCUT2D eigenvalue weighted by Gasteiger charge is 2.20. The van der Waals surface area contributed by atoms with E-state index in [2.05, 4.69) is 34.7 Å². The van der Waals surface area contributed by atoms with Crippen LogP contribution in [0.25, 0.3) is 0 Å². The highest BCUT2D eigenvalue weighted by atomic mass is 15.3. The average Bonchev–Trinajstić information content (AvgIpc) is 2.56. The molecule has 0 unspecified atom stereocenters. The van der Waals surface area contributed by atoms with Crippen molar-refractivity contribution in [3.05, 3.63) is 24.3 Å². The minimum absolute atomic E-state index is 0.259. The summed E-state index contributed by atoms with van der Waals surface area (Å²) in [6.45, 7) is 4.23. The SMILES string of the molecule is CN(C)c1nc(N)nc(CN2CCN(c3ncccn3)CC2)n1. The Morgan fingerprint density at radius 1 is 1.04 bits per heavy atom. The lowest BCUT2D eigenvalue weighted by atomic mass is 10.3. The Balaban J connectivity index is 1.61. The number of piperazine rings is 1. The third kappa shape index (κ3) is 3.81. The van der Waals surface area contributed by atoms with Crippen LogP contribution in [0.2, 0.25) is 0 Å². The van der Waals surface area contributed by atoms with Crippen LogP contribution < -0.4 is 15.5 Å². The minimum atomic E-state index is 0.259. The molecule has 122 valence electrons. The van der Waals surface area contributed by atoms with Gasteiger partial charge >= 0.3 is 0 Å². The highest BCUT2D eigenvalue weighted by Crippen LogP contribution is 2.12. The van der Waals surface area contributed by atoms with E-state index in [1.165, 1.54) is 0 Å². The van der Waals surface area contributed by atoms with Crippen LogP contribution in [-0.2, 0) is 6.54 Å². The van der Waals surface area contributed by atoms with E-state index in [1.807, 2.05) is 25.1 Å². The highest BCUT2D eigenvalue weighted by molar-refractivity contribution is 5.32. The second-order valence-corrected chi connectivity index (χ2v) is 5.62. The predicted molar refractivity (Wildman–Crippen MR) is 88.1 cm³/mol. The Morgan fingerprint density at radius 2 is 1.74 bits per heavy atom. The van der Waals surface area contributed by atoms with Gasteiger partial charge in [0.05, 0.1) is 6.54 Å². The maximum atomic E-state index is 5.77. The fourth-order valence-electron chi connectivity index (χ4n) is 2.46. The predicted octanol–water partition coefficient (Wildman–Crippen LogP) is -0.368. The van der Waals surface area contributed by atoms with Crippen molar-refractivity contribution in [2.45, 2.75) is 6.54 Å². The molecule has 0 spiro atoms. The molecular weight excluding hydrogens is 294 g/mol. The second-order valence-electron chi connectivity index (χ2n) is 5.62. The van der Waals surface area contributed by atoms with Crippen LogP contribution in [-0.4, -0.2) is 70.1 Å². The number of rotatable bonds is 4. The lowest BCUT2D eigenvalue weighted by Crippen LogP contribution is -2.46. The van der Waals surface area contributed by atoms with Crippen molar-refractivity contribution in [3.8, 4) is 0 Å². The van der Waals surface area contributed by atoms with Gasteiger partial charge in [-0.2, -0.15) is 15.0 Å². The van der Waals surface area contributed by atoms with Crippen molar-refractivity contribution in [2.75, 3.05) is 55.8 Å². The standard InChI is InChI=1S/C14H21N9/c1-21(2)14-19-11(18-12(15)20-14)10-22-6-8-23(9-7-22)13-16-4-3-5-17-13/h3-5H,6-10H2,1-2H3,(H2,15,18,19,20). The van der Waals surface area contributed by atoms with E-state index < -0.39 is 0 Å². The van der Waals surface area contributed by atoms with Gasteiger partial charge in [-0.25, -0.2) is 9.97 Å². The van der Waals surface area contributed by atoms with Crippen LogP contribution in [0.5, 0.6) is 0 Å². The lowest BCUT2D eigenvalue weighted by Gasteiger charge is -2.34. The number of nitrogens with zero attached hydrogens (tertiary/aromatic N) is 8. The molecule has 0 amide bonds. The summed E-state index contributed by atoms with van der Waals surface area (Å²) in [5.74, 6) is 2.33. The quantitative estimate of drug-likeness (QED) is 0.810. The molecule has 1 fully saturated rings. The molecule has 2 aromatic heterocycles. The number of nitrogen functional groups attached to an aromatic ring is 1. The Hall–Kier alpha value is -2.55. The Morgan fingerprint density at radius 3 is 2.39 bits per heavy atom. The van der Waals surface area contributed by atoms with Crippen molar-refractivity contribution >= 4 is 17.8 Å². The van der Waals surface area contributed by atoms with Gasteiger partial charge in [0.15, 0.2) is 0 Å². The summed E-state index contributed by atoms with van der Waals surface area (Å²) in [6, 6.07) is 1.83. The van der Waals surface area contributed by atoms with Crippen molar-refractivity contribution in [2.24, 2.45) is 0 Å². The zero-order valence-corrected chi connectivity index (χ0v) is 13.4. The van der Waals surface area contributed by atoms with Crippen LogP contribution in [0.3, 0.4) is 0 Å². The molecule has 2 aromatic rings. The van der Waals surface area contributed by atoms with Gasteiger partial charge in [0.25, 0.3) is 0 Å². The fraction of sp³-hybridized carbons (Fsp3) is 0.500. The van der Waals surface area contributed by atoms with Crippen LogP contribution in [0, 0.1) is 0 Å². The molecule has 3 heterocycles. The van der Waals surface area contributed by atoms with Crippen molar-refractivity contribution in [1.82, 2.24) is 29.8 Å². The van der Waals surface area contributed by atoms with Crippen molar-refractivity contribution in [3.63, 3.8) is 0 Å². The third-order valence-corrected chi connectivity index (χ3v) is 3.66. The van der Waals surface area contributed by atoms with Gasteiger partial charge in [-0.15, -0.1) is 0 Å². The molecule has 0 atom stereocenters. The Kier molecular flexibility index (Phi) is 4.47. The zero-order chi connectivity index (χ0) is 16.2. The maximum absolute atomic E-state index is 5.77. The molecule has 3 rings (SSSR count). The lowest BCUT2D eigenvalue weighted by molar-refractivity contribution is 0.243. The van der Waals surface area contributed by atoms with E-state index in [1.54, 1.807) is 12.4 Å². The first kappa shape index (κ1) is 15.3. The first-order chi connectivity index (χ1) is 11.1. The van der Waals surface area contributed by atoms with E-state index in [9.17, 15) is 0 Å². The van der Waals surface area contributed by atoms with Crippen LogP contribution in [0.4, 0.5) is 17.8 Å². The number of hydrogen-bond acceptors (Lipinski definition) is 9. The van der Waals surface area contributed by atoms with Crippen LogP contribution >= 0.6 is 0 Å². The van der Waals surface area contributed by atoms with Gasteiger partial charge in [0, 0.05) is 52.7 Å². The van der Waals surface area contributed by atoms with Gasteiger partial charge in [0.2, 0.25) is 17.8 Å². The van der Waals surface area contributed by atoms with Gasteiger partial charge < -0.3 is 15.5 Å². The van der Waals surface area contributed by atoms with E-state index >= 15 is 0 Å². The molecule has 1 saturated heterocycles. The third-order valence-electron chi connectivity index (χ3n) is 3.66. The van der Waals surface area contributed by atoms with E-state index in [0.717, 1.165) is 32.1 Å². The molecule has 9 nitrogen and oxygen atoms in total. The smallest absolute Gasteiger partial charge is 0.229 e. The summed E-state index contributed by atoms with van der Waals surface area (Å²) in [7, 11) is 3.77. The fourth-order valence-corrected chi connectivity index (χ4v) is 2.46. The molecule has 1 aliphatic rings. The first-order valence-corrected chi connectivity index (χ1v) is 7.54. The Labute approximate surface area is 135 Å². The number of anilines is 3. The summed E-state index contributed by atoms with van der Waals surface area (Å²) < 4.78 is 0. The molecule has 0 saturated carbocycles. The minimum Gasteiger partial charge on any atom is -0.368 e. The van der Waals surface area contributed by atoms with E-state index in [4.69, 9.17) is 5.73 Å². The van der Waals surface area contributed by atoms with Gasteiger partial charge in [0.1, 0.15) is 5.82 Å². The average molecular weight is 315 g/mol. The van der Waals surface area contributed by atoms with Crippen molar-refractivity contribution < 1.29 is 0 Å². The molecular formula is C14H21N9. The normalized spacial score (nSPS) is 15.7. The van der Waals surface area contributed by atoms with E-state index in [0.29, 0.717) is 18.3 Å². The summed E-state index contributed by atoms with van der Waals surface area (Å²) in [6.07, 6.45) is 3.54. The summed E-state index contributed by atoms with van der Waals surface area (Å²) in [5, 5.41) is 0. The number of nitrogens with two attached hydrogens (primary N) is 1. The molecule has 9 heteroatoms. The van der Waals surface area contributed by atoms with Crippen LogP contribution in [0.15, 0.2) is 18.5 Å². The molecule has 0 bridgehead atoms. The molecule has 23 heavy (non-hydrogen) atoms. The molecule has 0 aromatic carbocycles. The summed E-state index contributed by atoms with van der Waals surface area (Å²) >= 11 is 0. The van der Waals surface area contributed by atoms with Gasteiger partial charge in [-0.05, 0) is 6.07 Å². The topological polar surface area (TPSA) is 100 Å². The monoisotopic (exact) mass is 315 g/mol. The number of hydrogen-bond donors (Lipinski definition) is 1. The number of aromatic nitrogens is 5. The second kappa shape index (κ2) is 6.69. The van der Waals surface area contributed by atoms with Crippen LogP contribution in [0.1, 0.15) is 5.82 Å². The van der Waals surface area contributed by atoms with E-state index in [-0.39, 0.29) is 5.95 Å². The van der Waals surface area contributed by atoms with Gasteiger partial charge in [-0.3, -0.25) is 4.90 Å². The Bertz CT molecular complexity index is 638. The van der Waals surface area contributed by atoms with Crippen molar-refractivity contribution in [1.29, 1.82) is 0 Å². The molecule has 0 aliphatic carbocycles. The first-order valence-electron chi connectivity index (χ1n) is 7.54. The zero-order valence-electron chi connectivity index (χ0n) is 13.4. The summed E-state index contributed by atoms with van der Waals surface area (Å²) in [5.41, 5.74) is 5.77. The maximum Gasteiger partial charge on any atom is 0.229 e. The molecule has 1 aliphatic heterocycles. The molecule has 0 radical (unpaired) electrons. The summed E-state index contributed by atoms with van der Waals surface area (Å²) in [4.78, 5) is 27.7. The van der Waals surface area contributed by atoms with Gasteiger partial charge in [-0.1, -0.05) is 0 Å². The molecule has 2 N–H and O–H groups in total. The largest absolute Gasteiger partial charge is 0.368 e.